The number of hydrogen-bond donors (Lipinski definition) is 1. The van der Waals surface area contributed by atoms with E-state index in [1.54, 1.807) is 17.1 Å². The normalized spacial score (nSPS) is 14.0. The number of amides is 3. The van der Waals surface area contributed by atoms with Gasteiger partial charge in [-0.2, -0.15) is 5.10 Å². The Bertz CT molecular complexity index is 1060. The van der Waals surface area contributed by atoms with Crippen LogP contribution in [0.2, 0.25) is 0 Å². The Kier molecular flexibility index (Phi) is 4.90. The maximum Gasteiger partial charge on any atom is 0.261 e. The van der Waals surface area contributed by atoms with Crippen LogP contribution in [0.25, 0.3) is 0 Å². The molecule has 8 nitrogen and oxygen atoms in total. The summed E-state index contributed by atoms with van der Waals surface area (Å²) >= 11 is 0. The van der Waals surface area contributed by atoms with Gasteiger partial charge in [-0.1, -0.05) is 30.3 Å². The Morgan fingerprint density at radius 2 is 1.83 bits per heavy atom. The Hall–Kier alpha value is -3.81. The minimum Gasteiger partial charge on any atom is -0.348 e. The molecule has 1 aliphatic rings. The average molecular weight is 389 g/mol. The minimum absolute atomic E-state index is 0.190. The number of benzene rings is 2. The maximum atomic E-state index is 12.8. The topological polar surface area (TPSA) is 97.2 Å². The first-order chi connectivity index (χ1) is 14.0. The van der Waals surface area contributed by atoms with E-state index in [-0.39, 0.29) is 35.9 Å². The van der Waals surface area contributed by atoms with Gasteiger partial charge in [-0.15, -0.1) is 0 Å². The summed E-state index contributed by atoms with van der Waals surface area (Å²) < 4.78 is 1.62. The molecule has 1 aromatic heterocycles. The van der Waals surface area contributed by atoms with E-state index in [4.69, 9.17) is 0 Å². The Morgan fingerprint density at radius 3 is 2.55 bits per heavy atom. The molecule has 1 aliphatic heterocycles. The number of hydrogen-bond acceptors (Lipinski definition) is 5. The molecule has 1 N–H and O–H groups in total. The molecule has 1 unspecified atom stereocenters. The highest BCUT2D eigenvalue weighted by Crippen LogP contribution is 2.25. The van der Waals surface area contributed by atoms with Crippen molar-refractivity contribution in [1.29, 1.82) is 0 Å². The first-order valence-electron chi connectivity index (χ1n) is 9.20. The number of aromatic nitrogens is 3. The maximum absolute atomic E-state index is 12.8. The molecule has 4 rings (SSSR count). The smallest absolute Gasteiger partial charge is 0.261 e. The molecule has 2 heterocycles. The van der Waals surface area contributed by atoms with E-state index >= 15 is 0 Å². The van der Waals surface area contributed by atoms with Gasteiger partial charge in [0, 0.05) is 11.6 Å². The second-order valence-corrected chi connectivity index (χ2v) is 6.93. The van der Waals surface area contributed by atoms with Crippen molar-refractivity contribution in [2.24, 2.45) is 0 Å². The zero-order chi connectivity index (χ0) is 20.4. The second-order valence-electron chi connectivity index (χ2n) is 6.93. The monoisotopic (exact) mass is 389 g/mol. The summed E-state index contributed by atoms with van der Waals surface area (Å²) in [5.41, 5.74) is 1.76. The van der Waals surface area contributed by atoms with Crippen molar-refractivity contribution in [1.82, 2.24) is 25.0 Å². The van der Waals surface area contributed by atoms with Gasteiger partial charge in [0.15, 0.2) is 0 Å². The van der Waals surface area contributed by atoms with Gasteiger partial charge < -0.3 is 5.32 Å². The van der Waals surface area contributed by atoms with Gasteiger partial charge in [0.1, 0.15) is 12.7 Å². The zero-order valence-corrected chi connectivity index (χ0v) is 15.8. The van der Waals surface area contributed by atoms with Crippen LogP contribution in [0.1, 0.15) is 43.6 Å². The molecule has 0 radical (unpaired) electrons. The van der Waals surface area contributed by atoms with Crippen molar-refractivity contribution in [3.63, 3.8) is 0 Å². The Balaban J connectivity index is 1.48. The standard InChI is InChI=1S/C21H19N5O3/c1-14(10-25-13-22-12-23-25)24-19(27)16-7-8-17-18(9-16)21(29)26(20(17)28)11-15-5-3-2-4-6-15/h2-9,12-14H,10-11H2,1H3,(H,24,27). The van der Waals surface area contributed by atoms with Crippen molar-refractivity contribution in [2.45, 2.75) is 26.1 Å². The van der Waals surface area contributed by atoms with Crippen LogP contribution in [0.3, 0.4) is 0 Å². The molecule has 0 saturated heterocycles. The third-order valence-electron chi connectivity index (χ3n) is 4.72. The number of carbonyl (C=O) groups is 3. The van der Waals surface area contributed by atoms with E-state index in [0.717, 1.165) is 5.56 Å². The first kappa shape index (κ1) is 18.5. The number of nitrogens with zero attached hydrogens (tertiary/aromatic N) is 4. The fourth-order valence-corrected chi connectivity index (χ4v) is 3.30. The second kappa shape index (κ2) is 7.67. The van der Waals surface area contributed by atoms with Crippen molar-refractivity contribution >= 4 is 17.7 Å². The van der Waals surface area contributed by atoms with Crippen LogP contribution < -0.4 is 5.32 Å². The van der Waals surface area contributed by atoms with E-state index in [9.17, 15) is 14.4 Å². The molecular formula is C21H19N5O3. The van der Waals surface area contributed by atoms with Gasteiger partial charge in [-0.05, 0) is 30.7 Å². The van der Waals surface area contributed by atoms with E-state index < -0.39 is 0 Å². The van der Waals surface area contributed by atoms with E-state index in [2.05, 4.69) is 15.4 Å². The number of nitrogens with one attached hydrogen (secondary N) is 1. The summed E-state index contributed by atoms with van der Waals surface area (Å²) in [5.74, 6) is -1.05. The fourth-order valence-electron chi connectivity index (χ4n) is 3.30. The van der Waals surface area contributed by atoms with Crippen LogP contribution >= 0.6 is 0 Å². The molecule has 0 saturated carbocycles. The lowest BCUT2D eigenvalue weighted by molar-refractivity contribution is 0.0642. The van der Waals surface area contributed by atoms with Gasteiger partial charge in [0.2, 0.25) is 0 Å². The third-order valence-corrected chi connectivity index (χ3v) is 4.72. The molecule has 3 amide bonds. The van der Waals surface area contributed by atoms with Crippen molar-refractivity contribution in [3.8, 4) is 0 Å². The van der Waals surface area contributed by atoms with Crippen molar-refractivity contribution < 1.29 is 14.4 Å². The van der Waals surface area contributed by atoms with Crippen LogP contribution in [0.4, 0.5) is 0 Å². The zero-order valence-electron chi connectivity index (χ0n) is 15.8. The summed E-state index contributed by atoms with van der Waals surface area (Å²) in [7, 11) is 0. The van der Waals surface area contributed by atoms with Crippen molar-refractivity contribution in [3.05, 3.63) is 83.4 Å². The summed E-state index contributed by atoms with van der Waals surface area (Å²) in [6.07, 6.45) is 3.00. The molecular weight excluding hydrogens is 370 g/mol. The molecule has 1 atom stereocenters. The first-order valence-corrected chi connectivity index (χ1v) is 9.20. The molecule has 0 fully saturated rings. The van der Waals surface area contributed by atoms with E-state index in [0.29, 0.717) is 17.7 Å². The molecule has 3 aromatic rings. The SMILES string of the molecule is CC(Cn1cncn1)NC(=O)c1ccc2c(c1)C(=O)N(Cc1ccccc1)C2=O. The Labute approximate surface area is 167 Å². The summed E-state index contributed by atoms with van der Waals surface area (Å²) in [6.45, 7) is 2.52. The molecule has 0 bridgehead atoms. The predicted molar refractivity (Wildman–Crippen MR) is 104 cm³/mol. The quantitative estimate of drug-likeness (QED) is 0.650. The highest BCUT2D eigenvalue weighted by molar-refractivity contribution is 6.22. The van der Waals surface area contributed by atoms with Gasteiger partial charge in [-0.25, -0.2) is 4.98 Å². The van der Waals surface area contributed by atoms with Gasteiger partial charge >= 0.3 is 0 Å². The minimum atomic E-state index is -0.390. The van der Waals surface area contributed by atoms with Crippen molar-refractivity contribution in [2.75, 3.05) is 0 Å². The van der Waals surface area contributed by atoms with Gasteiger partial charge in [-0.3, -0.25) is 24.0 Å². The number of imide groups is 1. The summed E-state index contributed by atoms with van der Waals surface area (Å²) in [4.78, 5) is 43.1. The fraction of sp³-hybridized carbons (Fsp3) is 0.190. The van der Waals surface area contributed by atoms with Crippen LogP contribution in [-0.4, -0.2) is 43.4 Å². The average Bonchev–Trinajstić information content (AvgIpc) is 3.31. The number of rotatable bonds is 6. The van der Waals surface area contributed by atoms with Gasteiger partial charge in [0.25, 0.3) is 17.7 Å². The van der Waals surface area contributed by atoms with Crippen LogP contribution in [0.15, 0.2) is 61.2 Å². The number of carbonyl (C=O) groups excluding carboxylic acids is 3. The lowest BCUT2D eigenvalue weighted by atomic mass is 10.1. The third kappa shape index (κ3) is 3.77. The number of fused-ring (bicyclic) bond motifs is 1. The molecule has 29 heavy (non-hydrogen) atoms. The summed E-state index contributed by atoms with van der Waals surface area (Å²) in [6, 6.07) is 13.7. The van der Waals surface area contributed by atoms with Crippen LogP contribution in [-0.2, 0) is 13.1 Å². The molecule has 146 valence electrons. The summed E-state index contributed by atoms with van der Waals surface area (Å²) in [5, 5.41) is 6.88. The van der Waals surface area contributed by atoms with Crippen LogP contribution in [0.5, 0.6) is 0 Å². The predicted octanol–water partition coefficient (Wildman–Crippen LogP) is 1.89. The van der Waals surface area contributed by atoms with Gasteiger partial charge in [0.05, 0.1) is 24.2 Å². The molecule has 8 heteroatoms. The largest absolute Gasteiger partial charge is 0.348 e. The highest BCUT2D eigenvalue weighted by Gasteiger charge is 2.36. The molecule has 0 spiro atoms. The van der Waals surface area contributed by atoms with E-state index in [1.807, 2.05) is 37.3 Å². The lowest BCUT2D eigenvalue weighted by Crippen LogP contribution is -2.35. The molecule has 2 aromatic carbocycles. The molecule has 0 aliphatic carbocycles. The Morgan fingerprint density at radius 1 is 1.07 bits per heavy atom. The lowest BCUT2D eigenvalue weighted by Gasteiger charge is -2.14. The van der Waals surface area contributed by atoms with Crippen LogP contribution in [0, 0.1) is 0 Å². The highest BCUT2D eigenvalue weighted by atomic mass is 16.2. The van der Waals surface area contributed by atoms with E-state index in [1.165, 1.54) is 23.4 Å².